The van der Waals surface area contributed by atoms with E-state index in [9.17, 15) is 9.90 Å². The number of carbonyl (C=O) groups is 1. The molecule has 0 spiro atoms. The number of halogens is 1. The van der Waals surface area contributed by atoms with Crippen LogP contribution in [0.25, 0.3) is 0 Å². The molecule has 1 aliphatic heterocycles. The smallest absolute Gasteiger partial charge is 0.343 e. The number of ether oxygens (including phenoxy) is 1. The van der Waals surface area contributed by atoms with Crippen LogP contribution < -0.4 is 0 Å². The van der Waals surface area contributed by atoms with E-state index in [2.05, 4.69) is 11.9 Å². The monoisotopic (exact) mass is 393 g/mol. The molecule has 150 valence electrons. The lowest BCUT2D eigenvalue weighted by Crippen LogP contribution is -2.54. The summed E-state index contributed by atoms with van der Waals surface area (Å²) in [5, 5.41) is 11.6. The van der Waals surface area contributed by atoms with Crippen molar-refractivity contribution in [2.75, 3.05) is 20.1 Å². The molecule has 1 aromatic rings. The fraction of sp³-hybridized carbons (Fsp3) is 0.682. The Morgan fingerprint density at radius 3 is 2.22 bits per heavy atom. The first-order valence-electron chi connectivity index (χ1n) is 10.3. The lowest BCUT2D eigenvalue weighted by Gasteiger charge is -2.46. The van der Waals surface area contributed by atoms with Gasteiger partial charge in [-0.2, -0.15) is 0 Å². The summed E-state index contributed by atoms with van der Waals surface area (Å²) in [6.45, 7) is 1.98. The number of benzene rings is 1. The van der Waals surface area contributed by atoms with Gasteiger partial charge in [-0.05, 0) is 38.3 Å². The maximum atomic E-state index is 13.3. The molecule has 1 N–H and O–H groups in total. The zero-order valence-electron chi connectivity index (χ0n) is 16.2. The predicted octanol–water partition coefficient (Wildman–Crippen LogP) is 3.76. The van der Waals surface area contributed by atoms with Crippen LogP contribution in [0.2, 0.25) is 0 Å². The molecular formula is C22H32ClNO3. The summed E-state index contributed by atoms with van der Waals surface area (Å²) in [4.78, 5) is 15.7. The number of carbonyl (C=O) groups excluding carboxylic acids is 1. The average Bonchev–Trinajstić information content (AvgIpc) is 3.17. The van der Waals surface area contributed by atoms with Gasteiger partial charge in [-0.1, -0.05) is 49.6 Å². The van der Waals surface area contributed by atoms with Gasteiger partial charge >= 0.3 is 5.97 Å². The zero-order chi connectivity index (χ0) is 18.1. The third kappa shape index (κ3) is 3.90. The van der Waals surface area contributed by atoms with Gasteiger partial charge in [0.15, 0.2) is 5.60 Å². The second-order valence-corrected chi connectivity index (χ2v) is 8.66. The molecule has 4 nitrogen and oxygen atoms in total. The standard InChI is InChI=1S/C22H31NO3.ClH/c1-23-14-16-8-7-9-17(15-23)20(16)26-21(24)22(25,19-12-5-6-13-19)18-10-3-2-4-11-18;/h2-4,10-11,16-17,19-20,25H,5-9,12-15H2,1H3;1H/t16-,17+,20?,22?;. The van der Waals surface area contributed by atoms with Crippen LogP contribution in [0.4, 0.5) is 0 Å². The minimum absolute atomic E-state index is 0. The molecule has 5 heteroatoms. The molecule has 3 aliphatic rings. The van der Waals surface area contributed by atoms with Gasteiger partial charge in [0.2, 0.25) is 0 Å². The number of likely N-dealkylation sites (tertiary alicyclic amines) is 1. The number of hydrogen-bond acceptors (Lipinski definition) is 4. The number of hydrogen-bond donors (Lipinski definition) is 1. The zero-order valence-corrected chi connectivity index (χ0v) is 17.0. The summed E-state index contributed by atoms with van der Waals surface area (Å²) in [5.74, 6) is 0.352. The van der Waals surface area contributed by atoms with Crippen LogP contribution in [0, 0.1) is 17.8 Å². The maximum Gasteiger partial charge on any atom is 0.343 e. The topological polar surface area (TPSA) is 49.8 Å². The molecule has 1 saturated heterocycles. The van der Waals surface area contributed by atoms with Crippen LogP contribution in [-0.4, -0.2) is 42.2 Å². The Morgan fingerprint density at radius 2 is 1.63 bits per heavy atom. The first-order chi connectivity index (χ1) is 12.6. The van der Waals surface area contributed by atoms with E-state index < -0.39 is 11.6 Å². The Labute approximate surface area is 168 Å². The SMILES string of the molecule is CN1C[C@H]2CCC[C@@H](C1)C2OC(=O)C(O)(c1ccccc1)C1CCCC1.Cl. The summed E-state index contributed by atoms with van der Waals surface area (Å²) >= 11 is 0. The lowest BCUT2D eigenvalue weighted by atomic mass is 9.75. The molecule has 4 rings (SSSR count). The lowest BCUT2D eigenvalue weighted by molar-refractivity contribution is -0.191. The molecule has 2 aliphatic carbocycles. The quantitative estimate of drug-likeness (QED) is 0.791. The van der Waals surface area contributed by atoms with Crippen molar-refractivity contribution in [1.29, 1.82) is 0 Å². The fourth-order valence-corrected chi connectivity index (χ4v) is 5.58. The third-order valence-electron chi connectivity index (χ3n) is 6.89. The molecule has 0 radical (unpaired) electrons. The Balaban J connectivity index is 0.00000210. The second-order valence-electron chi connectivity index (χ2n) is 8.66. The first kappa shape index (κ1) is 20.6. The van der Waals surface area contributed by atoms with E-state index in [4.69, 9.17) is 4.74 Å². The molecule has 2 bridgehead atoms. The minimum atomic E-state index is -1.50. The molecule has 27 heavy (non-hydrogen) atoms. The summed E-state index contributed by atoms with van der Waals surface area (Å²) in [6.07, 6.45) is 7.35. The summed E-state index contributed by atoms with van der Waals surface area (Å²) < 4.78 is 6.12. The molecule has 1 heterocycles. The van der Waals surface area contributed by atoms with Crippen molar-refractivity contribution in [3.63, 3.8) is 0 Å². The Kier molecular flexibility index (Phi) is 6.50. The van der Waals surface area contributed by atoms with Crippen molar-refractivity contribution >= 4 is 18.4 Å². The molecule has 1 aromatic carbocycles. The highest BCUT2D eigenvalue weighted by molar-refractivity contribution is 5.85. The van der Waals surface area contributed by atoms with Crippen molar-refractivity contribution in [3.05, 3.63) is 35.9 Å². The van der Waals surface area contributed by atoms with Gasteiger partial charge in [0.25, 0.3) is 0 Å². The highest BCUT2D eigenvalue weighted by atomic mass is 35.5. The van der Waals surface area contributed by atoms with Crippen LogP contribution in [0.15, 0.2) is 30.3 Å². The van der Waals surface area contributed by atoms with Crippen LogP contribution >= 0.6 is 12.4 Å². The number of rotatable bonds is 4. The second kappa shape index (κ2) is 8.50. The third-order valence-corrected chi connectivity index (χ3v) is 6.89. The van der Waals surface area contributed by atoms with Gasteiger partial charge in [-0.3, -0.25) is 0 Å². The fourth-order valence-electron chi connectivity index (χ4n) is 5.58. The highest BCUT2D eigenvalue weighted by Gasteiger charge is 2.50. The first-order valence-corrected chi connectivity index (χ1v) is 10.3. The van der Waals surface area contributed by atoms with E-state index in [1.807, 2.05) is 30.3 Å². The van der Waals surface area contributed by atoms with Gasteiger partial charge < -0.3 is 14.7 Å². The van der Waals surface area contributed by atoms with Crippen LogP contribution in [-0.2, 0) is 15.1 Å². The van der Waals surface area contributed by atoms with Gasteiger partial charge in [-0.15, -0.1) is 12.4 Å². The number of aliphatic hydroxyl groups is 1. The van der Waals surface area contributed by atoms with Gasteiger partial charge in [0.05, 0.1) is 0 Å². The number of fused-ring (bicyclic) bond motifs is 2. The number of piperidine rings is 1. The molecule has 0 amide bonds. The normalized spacial score (nSPS) is 31.0. The van der Waals surface area contributed by atoms with Gasteiger partial charge in [0.1, 0.15) is 6.10 Å². The van der Waals surface area contributed by atoms with E-state index in [0.29, 0.717) is 17.4 Å². The number of nitrogens with zero attached hydrogens (tertiary/aromatic N) is 1. The Morgan fingerprint density at radius 1 is 1.04 bits per heavy atom. The van der Waals surface area contributed by atoms with Gasteiger partial charge in [0, 0.05) is 30.8 Å². The predicted molar refractivity (Wildman–Crippen MR) is 108 cm³/mol. The van der Waals surface area contributed by atoms with E-state index in [1.54, 1.807) is 0 Å². The summed E-state index contributed by atoms with van der Waals surface area (Å²) in [6, 6.07) is 9.45. The highest BCUT2D eigenvalue weighted by Crippen LogP contribution is 2.43. The van der Waals surface area contributed by atoms with Crippen molar-refractivity contribution < 1.29 is 14.6 Å². The maximum absolute atomic E-state index is 13.3. The molecule has 0 aromatic heterocycles. The Bertz CT molecular complexity index is 620. The minimum Gasteiger partial charge on any atom is -0.459 e. The van der Waals surface area contributed by atoms with Crippen LogP contribution in [0.1, 0.15) is 50.5 Å². The van der Waals surface area contributed by atoms with Crippen LogP contribution in [0.3, 0.4) is 0 Å². The van der Waals surface area contributed by atoms with Crippen molar-refractivity contribution in [2.24, 2.45) is 17.8 Å². The van der Waals surface area contributed by atoms with E-state index in [0.717, 1.165) is 51.6 Å². The van der Waals surface area contributed by atoms with Crippen LogP contribution in [0.5, 0.6) is 0 Å². The molecule has 4 atom stereocenters. The molecular weight excluding hydrogens is 362 g/mol. The summed E-state index contributed by atoms with van der Waals surface area (Å²) in [5.41, 5.74) is -0.815. The Hall–Kier alpha value is -1.10. The largest absolute Gasteiger partial charge is 0.459 e. The van der Waals surface area contributed by atoms with E-state index >= 15 is 0 Å². The van der Waals surface area contributed by atoms with Crippen molar-refractivity contribution in [1.82, 2.24) is 4.90 Å². The van der Waals surface area contributed by atoms with E-state index in [-0.39, 0.29) is 24.4 Å². The van der Waals surface area contributed by atoms with Crippen molar-refractivity contribution in [3.8, 4) is 0 Å². The van der Waals surface area contributed by atoms with E-state index in [1.165, 1.54) is 6.42 Å². The van der Waals surface area contributed by atoms with Gasteiger partial charge in [-0.25, -0.2) is 4.79 Å². The molecule has 3 fully saturated rings. The average molecular weight is 394 g/mol. The molecule has 2 unspecified atom stereocenters. The molecule has 2 saturated carbocycles. The van der Waals surface area contributed by atoms with Crippen molar-refractivity contribution in [2.45, 2.75) is 56.7 Å². The number of esters is 1. The summed E-state index contributed by atoms with van der Waals surface area (Å²) in [7, 11) is 2.15.